The maximum atomic E-state index is 12.5. The Bertz CT molecular complexity index is 579. The number of rotatable bonds is 3. The highest BCUT2D eigenvalue weighted by atomic mass is 16.5. The van der Waals surface area contributed by atoms with Gasteiger partial charge in [0.25, 0.3) is 0 Å². The summed E-state index contributed by atoms with van der Waals surface area (Å²) >= 11 is 0. The number of carbonyl (C=O) groups is 2. The van der Waals surface area contributed by atoms with Crippen LogP contribution in [-0.4, -0.2) is 35.9 Å². The van der Waals surface area contributed by atoms with Gasteiger partial charge in [0.1, 0.15) is 18.1 Å². The molecule has 0 aromatic heterocycles. The molecule has 3 aliphatic rings. The Labute approximate surface area is 149 Å². The second-order valence-corrected chi connectivity index (χ2v) is 8.91. The zero-order valence-corrected chi connectivity index (χ0v) is 15.7. The number of aliphatic hydroxyl groups is 1. The third-order valence-corrected chi connectivity index (χ3v) is 6.91. The largest absolute Gasteiger partial charge is 0.462 e. The van der Waals surface area contributed by atoms with Crippen molar-refractivity contribution in [2.45, 2.75) is 65.6 Å². The topological polar surface area (TPSA) is 72.8 Å². The number of fused-ring (bicyclic) bond motifs is 1. The number of ether oxygens (including phenoxy) is 2. The number of hydrogen-bond donors (Lipinski definition) is 1. The molecule has 1 spiro atoms. The average Bonchev–Trinajstić information content (AvgIpc) is 2.93. The average molecular weight is 350 g/mol. The third-order valence-electron chi connectivity index (χ3n) is 6.91. The molecular weight excluding hydrogens is 320 g/mol. The van der Waals surface area contributed by atoms with E-state index in [0.717, 1.165) is 12.8 Å². The summed E-state index contributed by atoms with van der Waals surface area (Å²) in [7, 11) is 0. The first-order chi connectivity index (χ1) is 11.6. The van der Waals surface area contributed by atoms with Gasteiger partial charge in [0.15, 0.2) is 0 Å². The van der Waals surface area contributed by atoms with Gasteiger partial charge >= 0.3 is 11.9 Å². The fraction of sp³-hybridized carbons (Fsp3) is 0.800. The lowest BCUT2D eigenvalue weighted by atomic mass is 9.61. The first-order valence-corrected chi connectivity index (χ1v) is 9.36. The summed E-state index contributed by atoms with van der Waals surface area (Å²) in [5, 5.41) is 11.2. The van der Waals surface area contributed by atoms with Crippen LogP contribution in [0.25, 0.3) is 0 Å². The van der Waals surface area contributed by atoms with Crippen LogP contribution < -0.4 is 0 Å². The molecule has 0 radical (unpaired) electrons. The molecule has 1 N–H and O–H groups in total. The molecule has 5 nitrogen and oxygen atoms in total. The summed E-state index contributed by atoms with van der Waals surface area (Å²) in [5.41, 5.74) is -0.673. The monoisotopic (exact) mass is 350 g/mol. The minimum atomic E-state index is -1.04. The van der Waals surface area contributed by atoms with Crippen LogP contribution in [0, 0.1) is 28.6 Å². The van der Waals surface area contributed by atoms with Gasteiger partial charge in [-0.3, -0.25) is 9.59 Å². The highest BCUT2D eigenvalue weighted by Gasteiger charge is 2.70. The van der Waals surface area contributed by atoms with Gasteiger partial charge < -0.3 is 14.6 Å². The first kappa shape index (κ1) is 18.4. The number of cyclic esters (lactones) is 1. The molecule has 140 valence electrons. The molecule has 1 heterocycles. The molecule has 2 aliphatic carbocycles. The maximum absolute atomic E-state index is 12.5. The van der Waals surface area contributed by atoms with Gasteiger partial charge in [-0.2, -0.15) is 0 Å². The fourth-order valence-corrected chi connectivity index (χ4v) is 5.31. The standard InChI is InChI=1S/C20H30O5/c1-11(2)8-15(21)25-14-7-6-12(3)19(5)10-20(17(22)16(14)19)13(4)9-24-18(20)23/h11-12,14,16-17,22H,4,6-10H2,1-3,5H3/t12-,14-,16+,17+,19+,20+/m0/s1. The van der Waals surface area contributed by atoms with E-state index in [4.69, 9.17) is 9.47 Å². The first-order valence-electron chi connectivity index (χ1n) is 9.36. The molecule has 0 bridgehead atoms. The predicted octanol–water partition coefficient (Wildman–Crippen LogP) is 2.86. The van der Waals surface area contributed by atoms with E-state index >= 15 is 0 Å². The van der Waals surface area contributed by atoms with Gasteiger partial charge in [0.2, 0.25) is 0 Å². The quantitative estimate of drug-likeness (QED) is 0.626. The molecular formula is C20H30O5. The van der Waals surface area contributed by atoms with Gasteiger partial charge in [-0.15, -0.1) is 0 Å². The summed E-state index contributed by atoms with van der Waals surface area (Å²) in [6.07, 6.45) is 1.24. The van der Waals surface area contributed by atoms with E-state index < -0.39 is 11.5 Å². The van der Waals surface area contributed by atoms with E-state index in [0.29, 0.717) is 24.3 Å². The molecule has 3 rings (SSSR count). The highest BCUT2D eigenvalue weighted by Crippen LogP contribution is 2.65. The zero-order valence-electron chi connectivity index (χ0n) is 15.7. The van der Waals surface area contributed by atoms with Crippen molar-refractivity contribution in [3.05, 3.63) is 12.2 Å². The SMILES string of the molecule is C=C1COC(=O)[C@]12C[C@@]1(C)[C@H]([C@@H](OC(=O)CC(C)C)CC[C@@H]1C)[C@H]2O. The maximum Gasteiger partial charge on any atom is 0.319 e. The Hall–Kier alpha value is -1.36. The summed E-state index contributed by atoms with van der Waals surface area (Å²) < 4.78 is 11.0. The summed E-state index contributed by atoms with van der Waals surface area (Å²) in [6, 6.07) is 0. The van der Waals surface area contributed by atoms with E-state index in [9.17, 15) is 14.7 Å². The summed E-state index contributed by atoms with van der Waals surface area (Å²) in [4.78, 5) is 24.8. The van der Waals surface area contributed by atoms with Gasteiger partial charge in [0, 0.05) is 12.3 Å². The lowest BCUT2D eigenvalue weighted by Gasteiger charge is -2.46. The molecule has 0 unspecified atom stereocenters. The van der Waals surface area contributed by atoms with Crippen LogP contribution in [0.1, 0.15) is 53.4 Å². The molecule has 1 saturated heterocycles. The van der Waals surface area contributed by atoms with Gasteiger partial charge in [0.05, 0.1) is 6.10 Å². The molecule has 5 heteroatoms. The van der Waals surface area contributed by atoms with E-state index in [2.05, 4.69) is 20.4 Å². The van der Waals surface area contributed by atoms with Crippen LogP contribution in [0.15, 0.2) is 12.2 Å². The van der Waals surface area contributed by atoms with Crippen molar-refractivity contribution in [2.24, 2.45) is 28.6 Å². The molecule has 25 heavy (non-hydrogen) atoms. The molecule has 1 aliphatic heterocycles. The summed E-state index contributed by atoms with van der Waals surface area (Å²) in [6.45, 7) is 12.4. The van der Waals surface area contributed by atoms with E-state index in [1.54, 1.807) is 0 Å². The van der Waals surface area contributed by atoms with Crippen LogP contribution in [0.2, 0.25) is 0 Å². The number of aliphatic hydroxyl groups excluding tert-OH is 1. The number of hydrogen-bond acceptors (Lipinski definition) is 5. The van der Waals surface area contributed by atoms with Gasteiger partial charge in [-0.05, 0) is 42.1 Å². The Morgan fingerprint density at radius 1 is 1.44 bits per heavy atom. The normalized spacial score (nSPS) is 43.4. The van der Waals surface area contributed by atoms with E-state index in [-0.39, 0.29) is 41.9 Å². The van der Waals surface area contributed by atoms with E-state index in [1.807, 2.05) is 13.8 Å². The van der Waals surface area contributed by atoms with Gasteiger partial charge in [-0.1, -0.05) is 34.3 Å². The second kappa shape index (κ2) is 6.11. The molecule has 0 aromatic carbocycles. The lowest BCUT2D eigenvalue weighted by Crippen LogP contribution is -2.48. The molecule has 0 amide bonds. The zero-order chi connectivity index (χ0) is 18.6. The molecule has 3 fully saturated rings. The van der Waals surface area contributed by atoms with Gasteiger partial charge in [-0.25, -0.2) is 0 Å². The smallest absolute Gasteiger partial charge is 0.319 e. The van der Waals surface area contributed by atoms with Crippen molar-refractivity contribution < 1.29 is 24.2 Å². The van der Waals surface area contributed by atoms with Crippen molar-refractivity contribution >= 4 is 11.9 Å². The van der Waals surface area contributed by atoms with Crippen LogP contribution in [-0.2, 0) is 19.1 Å². The Kier molecular flexibility index (Phi) is 4.51. The minimum absolute atomic E-state index is 0.172. The fourth-order valence-electron chi connectivity index (χ4n) is 5.31. The van der Waals surface area contributed by atoms with Crippen molar-refractivity contribution in [1.29, 1.82) is 0 Å². The minimum Gasteiger partial charge on any atom is -0.462 e. The Morgan fingerprint density at radius 2 is 2.12 bits per heavy atom. The van der Waals surface area contributed by atoms with Crippen molar-refractivity contribution in [1.82, 2.24) is 0 Å². The Morgan fingerprint density at radius 3 is 2.68 bits per heavy atom. The van der Waals surface area contributed by atoms with Crippen LogP contribution in [0.5, 0.6) is 0 Å². The van der Waals surface area contributed by atoms with Crippen LogP contribution in [0.3, 0.4) is 0 Å². The summed E-state index contributed by atoms with van der Waals surface area (Å²) in [5.74, 6) is -0.314. The number of esters is 2. The highest BCUT2D eigenvalue weighted by molar-refractivity contribution is 5.85. The van der Waals surface area contributed by atoms with Crippen LogP contribution >= 0.6 is 0 Å². The number of carbonyl (C=O) groups excluding carboxylic acids is 2. The molecule has 2 saturated carbocycles. The van der Waals surface area contributed by atoms with Crippen molar-refractivity contribution in [2.75, 3.05) is 6.61 Å². The van der Waals surface area contributed by atoms with E-state index in [1.165, 1.54) is 0 Å². The molecule has 6 atom stereocenters. The Balaban J connectivity index is 1.92. The predicted molar refractivity (Wildman–Crippen MR) is 92.5 cm³/mol. The third kappa shape index (κ3) is 2.62. The van der Waals surface area contributed by atoms with Crippen LogP contribution in [0.4, 0.5) is 0 Å². The van der Waals surface area contributed by atoms with Crippen molar-refractivity contribution in [3.63, 3.8) is 0 Å². The molecule has 0 aromatic rings. The van der Waals surface area contributed by atoms with Crippen molar-refractivity contribution in [3.8, 4) is 0 Å². The second-order valence-electron chi connectivity index (χ2n) is 8.91. The lowest BCUT2D eigenvalue weighted by molar-refractivity contribution is -0.165.